The van der Waals surface area contributed by atoms with E-state index >= 15 is 0 Å². The van der Waals surface area contributed by atoms with Crippen LogP contribution in [0.5, 0.6) is 0 Å². The normalized spacial score (nSPS) is 18.8. The summed E-state index contributed by atoms with van der Waals surface area (Å²) in [7, 11) is 3.91. The molecule has 0 radical (unpaired) electrons. The van der Waals surface area contributed by atoms with Gasteiger partial charge in [0.25, 0.3) is 0 Å². The van der Waals surface area contributed by atoms with E-state index in [-0.39, 0.29) is 6.10 Å². The van der Waals surface area contributed by atoms with Gasteiger partial charge in [0.1, 0.15) is 0 Å². The largest absolute Gasteiger partial charge is 0.379 e. The van der Waals surface area contributed by atoms with Crippen LogP contribution in [-0.4, -0.2) is 65.1 Å². The Bertz CT molecular complexity index is 503. The highest BCUT2D eigenvalue weighted by molar-refractivity contribution is 5.79. The average Bonchev–Trinajstić information content (AvgIpc) is 3.17. The summed E-state index contributed by atoms with van der Waals surface area (Å²) in [5, 5.41) is 6.73. The molecular formula is C19H32N4O2. The topological polar surface area (TPSA) is 58.1 Å². The van der Waals surface area contributed by atoms with E-state index < -0.39 is 0 Å². The number of ether oxygens (including phenoxy) is 2. The summed E-state index contributed by atoms with van der Waals surface area (Å²) in [6.07, 6.45) is 2.26. The summed E-state index contributed by atoms with van der Waals surface area (Å²) in [6, 6.07) is 10.8. The fraction of sp³-hybridized carbons (Fsp3) is 0.632. The van der Waals surface area contributed by atoms with Crippen LogP contribution in [0, 0.1) is 0 Å². The molecule has 2 atom stereocenters. The maximum Gasteiger partial charge on any atom is 0.191 e. The molecule has 6 nitrogen and oxygen atoms in total. The highest BCUT2D eigenvalue weighted by Gasteiger charge is 2.15. The van der Waals surface area contributed by atoms with Crippen LogP contribution < -0.4 is 15.5 Å². The lowest BCUT2D eigenvalue weighted by Crippen LogP contribution is -2.45. The second-order valence-corrected chi connectivity index (χ2v) is 6.39. The van der Waals surface area contributed by atoms with Crippen LogP contribution in [-0.2, 0) is 9.47 Å². The predicted molar refractivity (Wildman–Crippen MR) is 103 cm³/mol. The molecule has 1 fully saturated rings. The molecule has 0 bridgehead atoms. The van der Waals surface area contributed by atoms with Crippen LogP contribution in [0.4, 0.5) is 5.69 Å². The number of hydrogen-bond acceptors (Lipinski definition) is 4. The minimum absolute atomic E-state index is 0.284. The quantitative estimate of drug-likeness (QED) is 0.405. The molecule has 0 saturated carbocycles. The van der Waals surface area contributed by atoms with Crippen molar-refractivity contribution in [3.05, 3.63) is 30.3 Å². The summed E-state index contributed by atoms with van der Waals surface area (Å²) >= 11 is 0. The second kappa shape index (κ2) is 10.9. The minimum Gasteiger partial charge on any atom is -0.379 e. The van der Waals surface area contributed by atoms with Gasteiger partial charge in [-0.05, 0) is 31.9 Å². The van der Waals surface area contributed by atoms with E-state index in [0.29, 0.717) is 6.04 Å². The lowest BCUT2D eigenvalue weighted by atomic mass is 10.2. The fourth-order valence-corrected chi connectivity index (χ4v) is 2.69. The van der Waals surface area contributed by atoms with Crippen LogP contribution in [0.2, 0.25) is 0 Å². The maximum absolute atomic E-state index is 5.77. The van der Waals surface area contributed by atoms with Crippen molar-refractivity contribution in [3.63, 3.8) is 0 Å². The van der Waals surface area contributed by atoms with Crippen molar-refractivity contribution < 1.29 is 9.47 Å². The zero-order chi connectivity index (χ0) is 17.9. The van der Waals surface area contributed by atoms with Gasteiger partial charge in [0.05, 0.1) is 12.7 Å². The Kier molecular flexibility index (Phi) is 8.55. The van der Waals surface area contributed by atoms with Gasteiger partial charge in [0, 0.05) is 52.1 Å². The SMILES string of the molecule is CN=C(NCCCOC1CCOC1)NCC(C)N(C)c1ccccc1. The van der Waals surface area contributed by atoms with Gasteiger partial charge in [0.2, 0.25) is 0 Å². The van der Waals surface area contributed by atoms with Crippen molar-refractivity contribution in [2.75, 3.05) is 51.9 Å². The fourth-order valence-electron chi connectivity index (χ4n) is 2.69. The Balaban J connectivity index is 1.60. The first-order valence-electron chi connectivity index (χ1n) is 9.12. The number of hydrogen-bond donors (Lipinski definition) is 2. The molecule has 140 valence electrons. The van der Waals surface area contributed by atoms with Gasteiger partial charge in [-0.25, -0.2) is 0 Å². The summed E-state index contributed by atoms with van der Waals surface area (Å²) in [5.74, 6) is 0.831. The van der Waals surface area contributed by atoms with Gasteiger partial charge >= 0.3 is 0 Å². The number of benzene rings is 1. The third-order valence-electron chi connectivity index (χ3n) is 4.47. The third kappa shape index (κ3) is 6.92. The Labute approximate surface area is 151 Å². The molecule has 1 aromatic carbocycles. The molecule has 2 rings (SSSR count). The average molecular weight is 348 g/mol. The molecule has 2 N–H and O–H groups in total. The van der Waals surface area contributed by atoms with Crippen molar-refractivity contribution in [2.24, 2.45) is 4.99 Å². The van der Waals surface area contributed by atoms with Gasteiger partial charge < -0.3 is 25.0 Å². The molecule has 1 aliphatic rings. The number of aliphatic imine (C=N–C) groups is 1. The smallest absolute Gasteiger partial charge is 0.191 e. The first-order valence-corrected chi connectivity index (χ1v) is 9.12. The molecule has 6 heteroatoms. The molecular weight excluding hydrogens is 316 g/mol. The Morgan fingerprint density at radius 2 is 2.16 bits per heavy atom. The van der Waals surface area contributed by atoms with Crippen molar-refractivity contribution in [1.29, 1.82) is 0 Å². The van der Waals surface area contributed by atoms with Crippen molar-refractivity contribution in [3.8, 4) is 0 Å². The van der Waals surface area contributed by atoms with E-state index in [4.69, 9.17) is 9.47 Å². The number of nitrogens with one attached hydrogen (secondary N) is 2. The van der Waals surface area contributed by atoms with Crippen LogP contribution in [0.15, 0.2) is 35.3 Å². The van der Waals surface area contributed by atoms with Crippen LogP contribution in [0.25, 0.3) is 0 Å². The molecule has 1 heterocycles. The van der Waals surface area contributed by atoms with E-state index in [1.807, 2.05) is 6.07 Å². The number of guanidine groups is 1. The molecule has 25 heavy (non-hydrogen) atoms. The predicted octanol–water partition coefficient (Wildman–Crippen LogP) is 1.87. The van der Waals surface area contributed by atoms with Gasteiger partial charge in [0.15, 0.2) is 5.96 Å². The molecule has 0 aromatic heterocycles. The zero-order valence-electron chi connectivity index (χ0n) is 15.7. The van der Waals surface area contributed by atoms with Crippen LogP contribution in [0.1, 0.15) is 19.8 Å². The molecule has 0 amide bonds. The lowest BCUT2D eigenvalue weighted by molar-refractivity contribution is 0.0420. The Morgan fingerprint density at radius 1 is 1.36 bits per heavy atom. The lowest BCUT2D eigenvalue weighted by Gasteiger charge is -2.27. The number of nitrogens with zero attached hydrogens (tertiary/aromatic N) is 2. The van der Waals surface area contributed by atoms with E-state index in [0.717, 1.165) is 51.7 Å². The van der Waals surface area contributed by atoms with Crippen LogP contribution >= 0.6 is 0 Å². The van der Waals surface area contributed by atoms with Crippen molar-refractivity contribution in [1.82, 2.24) is 10.6 Å². The summed E-state index contributed by atoms with van der Waals surface area (Å²) in [6.45, 7) is 6.19. The Hall–Kier alpha value is -1.79. The monoisotopic (exact) mass is 348 g/mol. The zero-order valence-corrected chi connectivity index (χ0v) is 15.7. The van der Waals surface area contributed by atoms with E-state index in [2.05, 4.69) is 58.8 Å². The highest BCUT2D eigenvalue weighted by Crippen LogP contribution is 2.13. The van der Waals surface area contributed by atoms with Gasteiger partial charge in [-0.15, -0.1) is 0 Å². The molecule has 0 aliphatic carbocycles. The number of anilines is 1. The number of likely N-dealkylation sites (N-methyl/N-ethyl adjacent to an activating group) is 1. The van der Waals surface area contributed by atoms with E-state index in [9.17, 15) is 0 Å². The first kappa shape index (κ1) is 19.5. The molecule has 0 spiro atoms. The molecule has 1 saturated heterocycles. The third-order valence-corrected chi connectivity index (χ3v) is 4.47. The second-order valence-electron chi connectivity index (χ2n) is 6.39. The van der Waals surface area contributed by atoms with Gasteiger partial charge in [-0.1, -0.05) is 18.2 Å². The van der Waals surface area contributed by atoms with Gasteiger partial charge in [-0.3, -0.25) is 4.99 Å². The Morgan fingerprint density at radius 3 is 2.84 bits per heavy atom. The van der Waals surface area contributed by atoms with E-state index in [1.165, 1.54) is 5.69 Å². The summed E-state index contributed by atoms with van der Waals surface area (Å²) in [5.41, 5.74) is 1.22. The highest BCUT2D eigenvalue weighted by atomic mass is 16.5. The standard InChI is InChI=1S/C19H32N4O2/c1-16(23(3)17-8-5-4-6-9-17)14-22-19(20-2)21-11-7-12-25-18-10-13-24-15-18/h4-6,8-9,16,18H,7,10-15H2,1-3H3,(H2,20,21,22). The molecule has 1 aromatic rings. The number of para-hydroxylation sites is 1. The van der Waals surface area contributed by atoms with Crippen LogP contribution in [0.3, 0.4) is 0 Å². The van der Waals surface area contributed by atoms with Gasteiger partial charge in [-0.2, -0.15) is 0 Å². The maximum atomic E-state index is 5.77. The minimum atomic E-state index is 0.284. The summed E-state index contributed by atoms with van der Waals surface area (Å²) in [4.78, 5) is 6.54. The molecule has 1 aliphatic heterocycles. The summed E-state index contributed by atoms with van der Waals surface area (Å²) < 4.78 is 11.1. The number of rotatable bonds is 9. The van der Waals surface area contributed by atoms with Crippen molar-refractivity contribution >= 4 is 11.6 Å². The van der Waals surface area contributed by atoms with E-state index in [1.54, 1.807) is 7.05 Å². The first-order chi connectivity index (χ1) is 12.2. The van der Waals surface area contributed by atoms with Crippen molar-refractivity contribution in [2.45, 2.75) is 31.9 Å². The molecule has 2 unspecified atom stereocenters.